The van der Waals surface area contributed by atoms with E-state index in [0.29, 0.717) is 16.9 Å². The zero-order valence-electron chi connectivity index (χ0n) is 12.9. The molecule has 7 nitrogen and oxygen atoms in total. The highest BCUT2D eigenvalue weighted by atomic mass is 32.2. The molecule has 0 radical (unpaired) electrons. The highest BCUT2D eigenvalue weighted by molar-refractivity contribution is 8.02. The van der Waals surface area contributed by atoms with Crippen LogP contribution in [0.25, 0.3) is 17.5 Å². The minimum atomic E-state index is -0.585. The van der Waals surface area contributed by atoms with E-state index in [1.54, 1.807) is 11.5 Å². The Bertz CT molecular complexity index is 914. The summed E-state index contributed by atoms with van der Waals surface area (Å²) < 4.78 is 10.6. The van der Waals surface area contributed by atoms with Crippen molar-refractivity contribution in [3.63, 3.8) is 0 Å². The lowest BCUT2D eigenvalue weighted by atomic mass is 10.1. The topological polar surface area (TPSA) is 95.2 Å². The number of thioether (sulfide) groups is 1. The van der Waals surface area contributed by atoms with Crippen molar-refractivity contribution in [2.45, 2.75) is 19.1 Å². The average Bonchev–Trinajstić information content (AvgIpc) is 3.20. The monoisotopic (exact) mass is 343 g/mol. The van der Waals surface area contributed by atoms with E-state index in [2.05, 4.69) is 10.2 Å². The fraction of sp³-hybridized carbons (Fsp3) is 0.125. The summed E-state index contributed by atoms with van der Waals surface area (Å²) in [6, 6.07) is 8.75. The molecule has 0 fully saturated rings. The lowest BCUT2D eigenvalue weighted by molar-refractivity contribution is -0.402. The number of hydrogen-bond acceptors (Lipinski definition) is 7. The SMILES string of the molecule is Cc1ccc(-c2nnc(S/C=C/c3ccc([N+](=O)[O-])o3)o2)cc1C. The van der Waals surface area contributed by atoms with Gasteiger partial charge in [0.25, 0.3) is 5.22 Å². The normalized spacial score (nSPS) is 11.2. The van der Waals surface area contributed by atoms with Crippen LogP contribution in [0, 0.1) is 24.0 Å². The summed E-state index contributed by atoms with van der Waals surface area (Å²) in [6.07, 6.45) is 1.59. The van der Waals surface area contributed by atoms with E-state index in [9.17, 15) is 10.1 Å². The average molecular weight is 343 g/mol. The zero-order valence-corrected chi connectivity index (χ0v) is 13.7. The van der Waals surface area contributed by atoms with Crippen LogP contribution in [0.4, 0.5) is 5.88 Å². The smallest absolute Gasteiger partial charge is 0.411 e. The van der Waals surface area contributed by atoms with Gasteiger partial charge in [0.05, 0.1) is 6.07 Å². The van der Waals surface area contributed by atoms with Gasteiger partial charge in [-0.3, -0.25) is 10.1 Å². The molecule has 1 aromatic carbocycles. The molecule has 0 amide bonds. The third kappa shape index (κ3) is 3.54. The van der Waals surface area contributed by atoms with Crippen LogP contribution in [0.2, 0.25) is 0 Å². The van der Waals surface area contributed by atoms with Gasteiger partial charge < -0.3 is 8.83 Å². The first-order valence-electron chi connectivity index (χ1n) is 7.01. The van der Waals surface area contributed by atoms with E-state index in [-0.39, 0.29) is 5.88 Å². The lowest BCUT2D eigenvalue weighted by Gasteiger charge is -2.00. The van der Waals surface area contributed by atoms with Crippen molar-refractivity contribution in [3.05, 3.63) is 62.7 Å². The highest BCUT2D eigenvalue weighted by Gasteiger charge is 2.11. The number of aromatic nitrogens is 2. The predicted molar refractivity (Wildman–Crippen MR) is 89.5 cm³/mol. The fourth-order valence-corrected chi connectivity index (χ4v) is 2.47. The minimum Gasteiger partial charge on any atom is -0.411 e. The third-order valence-electron chi connectivity index (χ3n) is 3.35. The van der Waals surface area contributed by atoms with Crippen molar-refractivity contribution in [2.75, 3.05) is 0 Å². The van der Waals surface area contributed by atoms with Crippen LogP contribution in [0.1, 0.15) is 16.9 Å². The van der Waals surface area contributed by atoms with Gasteiger partial charge in [-0.1, -0.05) is 6.07 Å². The van der Waals surface area contributed by atoms with Gasteiger partial charge in [-0.05, 0) is 66.4 Å². The van der Waals surface area contributed by atoms with Crippen molar-refractivity contribution in [1.82, 2.24) is 10.2 Å². The summed E-state index contributed by atoms with van der Waals surface area (Å²) in [5.41, 5.74) is 3.21. The Morgan fingerprint density at radius 1 is 1.12 bits per heavy atom. The molecule has 3 aromatic rings. The quantitative estimate of drug-likeness (QED) is 0.379. The maximum Gasteiger partial charge on any atom is 0.433 e. The Morgan fingerprint density at radius 2 is 1.96 bits per heavy atom. The fourth-order valence-electron chi connectivity index (χ4n) is 1.94. The molecule has 3 rings (SSSR count). The summed E-state index contributed by atoms with van der Waals surface area (Å²) in [6.45, 7) is 4.06. The Hall–Kier alpha value is -2.87. The van der Waals surface area contributed by atoms with Gasteiger partial charge in [-0.15, -0.1) is 10.2 Å². The van der Waals surface area contributed by atoms with Gasteiger partial charge in [0.1, 0.15) is 10.7 Å². The van der Waals surface area contributed by atoms with Crippen LogP contribution in [0.3, 0.4) is 0 Å². The van der Waals surface area contributed by atoms with E-state index in [1.165, 1.54) is 29.5 Å². The number of furan rings is 1. The van der Waals surface area contributed by atoms with E-state index in [1.807, 2.05) is 32.0 Å². The number of hydrogen-bond donors (Lipinski definition) is 0. The molecule has 0 spiro atoms. The summed E-state index contributed by atoms with van der Waals surface area (Å²) in [4.78, 5) is 9.96. The number of nitro groups is 1. The second-order valence-corrected chi connectivity index (χ2v) is 5.88. The number of rotatable bonds is 5. The molecule has 24 heavy (non-hydrogen) atoms. The molecule has 0 aliphatic heterocycles. The van der Waals surface area contributed by atoms with Crippen molar-refractivity contribution in [3.8, 4) is 11.5 Å². The standard InChI is InChI=1S/C16H13N3O4S/c1-10-3-4-12(9-11(10)2)15-17-18-16(23-15)24-8-7-13-5-6-14(22-13)19(20)21/h3-9H,1-2H3/b8-7+. The number of benzene rings is 1. The second kappa shape index (κ2) is 6.71. The van der Waals surface area contributed by atoms with Crippen LogP contribution in [0.5, 0.6) is 0 Å². The first-order chi connectivity index (χ1) is 11.5. The lowest BCUT2D eigenvalue weighted by Crippen LogP contribution is -1.83. The van der Waals surface area contributed by atoms with E-state index in [4.69, 9.17) is 8.83 Å². The van der Waals surface area contributed by atoms with Crippen molar-refractivity contribution >= 4 is 23.7 Å². The van der Waals surface area contributed by atoms with Crippen LogP contribution in [0.15, 0.2) is 49.8 Å². The first kappa shape index (κ1) is 16.0. The molecule has 0 saturated carbocycles. The van der Waals surface area contributed by atoms with Crippen LogP contribution in [-0.2, 0) is 0 Å². The van der Waals surface area contributed by atoms with E-state index >= 15 is 0 Å². The predicted octanol–water partition coefficient (Wildman–Crippen LogP) is 4.62. The zero-order chi connectivity index (χ0) is 17.1. The Labute approximate surface area is 141 Å². The van der Waals surface area contributed by atoms with Gasteiger partial charge in [0.2, 0.25) is 5.89 Å². The molecule has 0 aliphatic carbocycles. The Morgan fingerprint density at radius 3 is 2.67 bits per heavy atom. The van der Waals surface area contributed by atoms with Gasteiger partial charge in [-0.2, -0.15) is 0 Å². The van der Waals surface area contributed by atoms with Gasteiger partial charge in [0.15, 0.2) is 0 Å². The van der Waals surface area contributed by atoms with E-state index in [0.717, 1.165) is 11.1 Å². The molecule has 2 heterocycles. The summed E-state index contributed by atoms with van der Waals surface area (Å²) >= 11 is 1.21. The molecule has 0 saturated heterocycles. The number of nitrogens with zero attached hydrogens (tertiary/aromatic N) is 3. The maximum absolute atomic E-state index is 10.5. The summed E-state index contributed by atoms with van der Waals surface area (Å²) in [7, 11) is 0. The van der Waals surface area contributed by atoms with Crippen LogP contribution >= 0.6 is 11.8 Å². The van der Waals surface area contributed by atoms with Crippen LogP contribution < -0.4 is 0 Å². The molecular weight excluding hydrogens is 330 g/mol. The largest absolute Gasteiger partial charge is 0.433 e. The highest BCUT2D eigenvalue weighted by Crippen LogP contribution is 2.26. The van der Waals surface area contributed by atoms with Gasteiger partial charge in [-0.25, -0.2) is 0 Å². The molecule has 8 heteroatoms. The van der Waals surface area contributed by atoms with E-state index < -0.39 is 4.92 Å². The van der Waals surface area contributed by atoms with Crippen molar-refractivity contribution in [2.24, 2.45) is 0 Å². The third-order valence-corrected chi connectivity index (χ3v) is 3.99. The second-order valence-electron chi connectivity index (χ2n) is 5.03. The van der Waals surface area contributed by atoms with Gasteiger partial charge in [0, 0.05) is 5.56 Å². The molecule has 0 unspecified atom stereocenters. The maximum atomic E-state index is 10.5. The molecule has 122 valence electrons. The molecule has 0 atom stereocenters. The van der Waals surface area contributed by atoms with Gasteiger partial charge >= 0.3 is 5.88 Å². The Kier molecular flexibility index (Phi) is 4.48. The first-order valence-corrected chi connectivity index (χ1v) is 7.89. The van der Waals surface area contributed by atoms with Crippen molar-refractivity contribution < 1.29 is 13.8 Å². The number of aryl methyl sites for hydroxylation is 2. The Balaban J connectivity index is 1.68. The molecular formula is C16H13N3O4S. The molecule has 0 aliphatic rings. The summed E-state index contributed by atoms with van der Waals surface area (Å²) in [5, 5.41) is 20.6. The van der Waals surface area contributed by atoms with Crippen LogP contribution in [-0.4, -0.2) is 15.1 Å². The molecule has 0 bridgehead atoms. The molecule has 0 N–H and O–H groups in total. The van der Waals surface area contributed by atoms with Crippen molar-refractivity contribution in [1.29, 1.82) is 0 Å². The molecule has 2 aromatic heterocycles. The minimum absolute atomic E-state index is 0.297. The summed E-state index contributed by atoms with van der Waals surface area (Å²) in [5.74, 6) is 0.528.